The molecule has 0 spiro atoms. The van der Waals surface area contributed by atoms with Gasteiger partial charge in [-0.2, -0.15) is 0 Å². The Bertz CT molecular complexity index is 837. The summed E-state index contributed by atoms with van der Waals surface area (Å²) in [5, 5.41) is 2.91. The number of furan rings is 1. The number of hydrogen-bond acceptors (Lipinski definition) is 3. The zero-order valence-corrected chi connectivity index (χ0v) is 18.5. The third-order valence-corrected chi connectivity index (χ3v) is 4.45. The van der Waals surface area contributed by atoms with Crippen LogP contribution >= 0.6 is 0 Å². The summed E-state index contributed by atoms with van der Waals surface area (Å²) in [6.07, 6.45) is 2.35. The molecule has 0 aliphatic heterocycles. The number of carbonyl (C=O) groups is 2. The molecule has 30 heavy (non-hydrogen) atoms. The standard InChI is InChI=1S/C24H33N3O3/c1-6-15-27(23(29)25-24(3,4)5)18-22(28)26(17-21-13-12-19(2)30-21)16-14-20-10-8-7-9-11-20/h6-13H,1,14-18H2,2-5H3,(H,25,29). The monoisotopic (exact) mass is 411 g/mol. The summed E-state index contributed by atoms with van der Waals surface area (Å²) in [4.78, 5) is 29.0. The lowest BCUT2D eigenvalue weighted by Gasteiger charge is -2.29. The van der Waals surface area contributed by atoms with Gasteiger partial charge in [-0.1, -0.05) is 36.4 Å². The smallest absolute Gasteiger partial charge is 0.318 e. The lowest BCUT2D eigenvalue weighted by atomic mass is 10.1. The first-order chi connectivity index (χ1) is 14.2. The lowest BCUT2D eigenvalue weighted by Crippen LogP contribution is -2.51. The van der Waals surface area contributed by atoms with E-state index in [0.29, 0.717) is 19.6 Å². The molecule has 6 heteroatoms. The number of hydrogen-bond donors (Lipinski definition) is 1. The maximum Gasteiger partial charge on any atom is 0.318 e. The van der Waals surface area contributed by atoms with Crippen LogP contribution in [0.1, 0.15) is 37.9 Å². The van der Waals surface area contributed by atoms with Crippen LogP contribution in [0.15, 0.2) is 59.5 Å². The number of amides is 3. The molecule has 0 bridgehead atoms. The molecule has 0 unspecified atom stereocenters. The molecule has 162 valence electrons. The molecule has 0 fully saturated rings. The largest absolute Gasteiger partial charge is 0.464 e. The maximum absolute atomic E-state index is 13.2. The molecule has 0 saturated heterocycles. The van der Waals surface area contributed by atoms with Crippen molar-refractivity contribution in [3.8, 4) is 0 Å². The first kappa shape index (κ1) is 23.3. The van der Waals surface area contributed by atoms with Crippen LogP contribution in [0, 0.1) is 6.92 Å². The van der Waals surface area contributed by atoms with E-state index in [1.807, 2.05) is 70.2 Å². The van der Waals surface area contributed by atoms with Crippen LogP contribution in [-0.2, 0) is 17.8 Å². The Balaban J connectivity index is 2.12. The molecule has 6 nitrogen and oxygen atoms in total. The minimum Gasteiger partial charge on any atom is -0.464 e. The predicted molar refractivity (Wildman–Crippen MR) is 119 cm³/mol. The molecule has 1 aromatic carbocycles. The van der Waals surface area contributed by atoms with Crippen molar-refractivity contribution in [1.82, 2.24) is 15.1 Å². The van der Waals surface area contributed by atoms with Gasteiger partial charge in [0.15, 0.2) is 0 Å². The fourth-order valence-corrected chi connectivity index (χ4v) is 3.00. The average molecular weight is 412 g/mol. The fourth-order valence-electron chi connectivity index (χ4n) is 3.00. The first-order valence-electron chi connectivity index (χ1n) is 10.2. The minimum atomic E-state index is -0.391. The molecule has 1 aromatic heterocycles. The van der Waals surface area contributed by atoms with E-state index in [-0.39, 0.29) is 18.5 Å². The summed E-state index contributed by atoms with van der Waals surface area (Å²) in [7, 11) is 0. The van der Waals surface area contributed by atoms with Gasteiger partial charge in [0, 0.05) is 18.6 Å². The van der Waals surface area contributed by atoms with Crippen LogP contribution in [0.3, 0.4) is 0 Å². The number of nitrogens with one attached hydrogen (secondary N) is 1. The second-order valence-electron chi connectivity index (χ2n) is 8.41. The number of rotatable bonds is 9. The fraction of sp³-hybridized carbons (Fsp3) is 0.417. The third kappa shape index (κ3) is 7.78. The zero-order valence-electron chi connectivity index (χ0n) is 18.5. The van der Waals surface area contributed by atoms with Crippen molar-refractivity contribution < 1.29 is 14.0 Å². The predicted octanol–water partition coefficient (Wildman–Crippen LogP) is 4.16. The van der Waals surface area contributed by atoms with Gasteiger partial charge in [-0.05, 0) is 51.8 Å². The van der Waals surface area contributed by atoms with Crippen LogP contribution in [0.5, 0.6) is 0 Å². The van der Waals surface area contributed by atoms with E-state index in [4.69, 9.17) is 4.42 Å². The Hall–Kier alpha value is -3.02. The first-order valence-corrected chi connectivity index (χ1v) is 10.2. The molecular weight excluding hydrogens is 378 g/mol. The number of aryl methyl sites for hydroxylation is 1. The molecule has 2 aromatic rings. The van der Waals surface area contributed by atoms with E-state index in [1.54, 1.807) is 11.0 Å². The topological polar surface area (TPSA) is 65.8 Å². The van der Waals surface area contributed by atoms with E-state index >= 15 is 0 Å². The van der Waals surface area contributed by atoms with Crippen molar-refractivity contribution >= 4 is 11.9 Å². The van der Waals surface area contributed by atoms with Crippen LogP contribution in [0.4, 0.5) is 4.79 Å². The Morgan fingerprint density at radius 1 is 1.10 bits per heavy atom. The highest BCUT2D eigenvalue weighted by Gasteiger charge is 2.24. The second kappa shape index (κ2) is 10.7. The average Bonchev–Trinajstić information content (AvgIpc) is 3.09. The van der Waals surface area contributed by atoms with Gasteiger partial charge in [-0.15, -0.1) is 6.58 Å². The molecular formula is C24H33N3O3. The number of benzene rings is 1. The third-order valence-electron chi connectivity index (χ3n) is 4.45. The van der Waals surface area contributed by atoms with Gasteiger partial charge < -0.3 is 19.5 Å². The highest BCUT2D eigenvalue weighted by Crippen LogP contribution is 2.12. The summed E-state index contributed by atoms with van der Waals surface area (Å²) in [6.45, 7) is 12.5. The minimum absolute atomic E-state index is 0.0254. The number of nitrogens with zero attached hydrogens (tertiary/aromatic N) is 2. The number of urea groups is 1. The summed E-state index contributed by atoms with van der Waals surface area (Å²) in [6, 6.07) is 13.5. The normalized spacial score (nSPS) is 11.1. The van der Waals surface area contributed by atoms with Gasteiger partial charge in [0.1, 0.15) is 18.1 Å². The van der Waals surface area contributed by atoms with Crippen LogP contribution < -0.4 is 5.32 Å². The van der Waals surface area contributed by atoms with Crippen molar-refractivity contribution in [3.05, 3.63) is 72.2 Å². The van der Waals surface area contributed by atoms with Crippen LogP contribution in [0.25, 0.3) is 0 Å². The van der Waals surface area contributed by atoms with Crippen LogP contribution in [0.2, 0.25) is 0 Å². The number of carbonyl (C=O) groups excluding carboxylic acids is 2. The van der Waals surface area contributed by atoms with E-state index in [2.05, 4.69) is 11.9 Å². The van der Waals surface area contributed by atoms with Crippen molar-refractivity contribution in [3.63, 3.8) is 0 Å². The molecule has 1 N–H and O–H groups in total. The van der Waals surface area contributed by atoms with Crippen molar-refractivity contribution in [1.29, 1.82) is 0 Å². The Labute approximate surface area is 179 Å². The van der Waals surface area contributed by atoms with Gasteiger partial charge in [0.2, 0.25) is 5.91 Å². The van der Waals surface area contributed by atoms with E-state index in [1.165, 1.54) is 4.90 Å². The summed E-state index contributed by atoms with van der Waals surface area (Å²) in [5.41, 5.74) is 0.762. The second-order valence-corrected chi connectivity index (χ2v) is 8.41. The van der Waals surface area contributed by atoms with E-state index in [0.717, 1.165) is 23.5 Å². The summed E-state index contributed by atoms with van der Waals surface area (Å²) >= 11 is 0. The molecule has 0 saturated carbocycles. The highest BCUT2D eigenvalue weighted by molar-refractivity contribution is 5.84. The van der Waals surface area contributed by atoms with Gasteiger partial charge in [-0.3, -0.25) is 4.79 Å². The van der Waals surface area contributed by atoms with Crippen molar-refractivity contribution in [2.45, 2.75) is 46.2 Å². The zero-order chi connectivity index (χ0) is 22.1. The van der Waals surface area contributed by atoms with Gasteiger partial charge in [0.25, 0.3) is 0 Å². The molecule has 0 aliphatic carbocycles. The summed E-state index contributed by atoms with van der Waals surface area (Å²) in [5.74, 6) is 1.40. The molecule has 0 aliphatic rings. The SMILES string of the molecule is C=CCN(CC(=O)N(CCc1ccccc1)Cc1ccc(C)o1)C(=O)NC(C)(C)C. The Kier molecular flexibility index (Phi) is 8.27. The maximum atomic E-state index is 13.2. The van der Waals surface area contributed by atoms with Gasteiger partial charge >= 0.3 is 6.03 Å². The van der Waals surface area contributed by atoms with Crippen LogP contribution in [-0.4, -0.2) is 46.9 Å². The van der Waals surface area contributed by atoms with Crippen molar-refractivity contribution in [2.75, 3.05) is 19.6 Å². The van der Waals surface area contributed by atoms with E-state index < -0.39 is 5.54 Å². The van der Waals surface area contributed by atoms with Gasteiger partial charge in [0.05, 0.1) is 6.54 Å². The molecule has 2 rings (SSSR count). The van der Waals surface area contributed by atoms with Gasteiger partial charge in [-0.25, -0.2) is 4.79 Å². The molecule has 1 heterocycles. The van der Waals surface area contributed by atoms with E-state index in [9.17, 15) is 9.59 Å². The van der Waals surface area contributed by atoms with Crippen molar-refractivity contribution in [2.24, 2.45) is 0 Å². The molecule has 3 amide bonds. The summed E-state index contributed by atoms with van der Waals surface area (Å²) < 4.78 is 5.68. The lowest BCUT2D eigenvalue weighted by molar-refractivity contribution is -0.132. The quantitative estimate of drug-likeness (QED) is 0.630. The molecule has 0 radical (unpaired) electrons. The highest BCUT2D eigenvalue weighted by atomic mass is 16.3. The molecule has 0 atom stereocenters. The Morgan fingerprint density at radius 3 is 2.37 bits per heavy atom. The Morgan fingerprint density at radius 2 is 1.80 bits per heavy atom.